The quantitative estimate of drug-likeness (QED) is 0.302. The predicted octanol–water partition coefficient (Wildman–Crippen LogP) is 2.28. The minimum absolute atomic E-state index is 0.0316. The zero-order valence-corrected chi connectivity index (χ0v) is 16.4. The van der Waals surface area contributed by atoms with Crippen LogP contribution in [0.25, 0.3) is 0 Å². The summed E-state index contributed by atoms with van der Waals surface area (Å²) < 4.78 is 5.63. The molecule has 2 aromatic carbocycles. The number of hydrogen-bond acceptors (Lipinski definition) is 4. The van der Waals surface area contributed by atoms with E-state index in [1.165, 1.54) is 6.07 Å². The van der Waals surface area contributed by atoms with E-state index in [1.54, 1.807) is 18.2 Å². The van der Waals surface area contributed by atoms with Gasteiger partial charge in [-0.25, -0.2) is 4.99 Å². The molecule has 150 valence electrons. The van der Waals surface area contributed by atoms with Crippen LogP contribution in [0.1, 0.15) is 29.8 Å². The van der Waals surface area contributed by atoms with Crippen LogP contribution < -0.4 is 20.7 Å². The van der Waals surface area contributed by atoms with Gasteiger partial charge in [0.2, 0.25) is 0 Å². The SMILES string of the molecule is CCNC(=NCc1ccccc1OCC)NCCNC(=O)c1ccccc1O. The van der Waals surface area contributed by atoms with Gasteiger partial charge in [0.15, 0.2) is 5.96 Å². The highest BCUT2D eigenvalue weighted by molar-refractivity contribution is 5.96. The molecule has 0 spiro atoms. The molecule has 2 aromatic rings. The summed E-state index contributed by atoms with van der Waals surface area (Å²) in [4.78, 5) is 16.7. The van der Waals surface area contributed by atoms with Crippen LogP contribution in [-0.2, 0) is 6.54 Å². The molecule has 0 saturated heterocycles. The van der Waals surface area contributed by atoms with E-state index >= 15 is 0 Å². The largest absolute Gasteiger partial charge is 0.507 e. The van der Waals surface area contributed by atoms with E-state index in [4.69, 9.17) is 4.74 Å². The van der Waals surface area contributed by atoms with Gasteiger partial charge in [-0.1, -0.05) is 30.3 Å². The molecule has 7 nitrogen and oxygen atoms in total. The van der Waals surface area contributed by atoms with Gasteiger partial charge in [-0.2, -0.15) is 0 Å². The van der Waals surface area contributed by atoms with Crippen molar-refractivity contribution in [1.29, 1.82) is 0 Å². The molecule has 2 rings (SSSR count). The molecule has 0 unspecified atom stereocenters. The number of hydrogen-bond donors (Lipinski definition) is 4. The van der Waals surface area contributed by atoms with Crippen molar-refractivity contribution in [2.45, 2.75) is 20.4 Å². The van der Waals surface area contributed by atoms with Crippen LogP contribution in [-0.4, -0.2) is 43.2 Å². The number of phenolic OH excluding ortho intramolecular Hbond substituents is 1. The second-order valence-electron chi connectivity index (χ2n) is 5.94. The van der Waals surface area contributed by atoms with E-state index in [-0.39, 0.29) is 17.2 Å². The molecular formula is C21H28N4O3. The molecule has 28 heavy (non-hydrogen) atoms. The Labute approximate surface area is 165 Å². The second-order valence-corrected chi connectivity index (χ2v) is 5.94. The van der Waals surface area contributed by atoms with Crippen LogP contribution in [0, 0.1) is 0 Å². The molecule has 4 N–H and O–H groups in total. The number of benzene rings is 2. The second kappa shape index (κ2) is 11.5. The van der Waals surface area contributed by atoms with Crippen molar-refractivity contribution in [3.8, 4) is 11.5 Å². The monoisotopic (exact) mass is 384 g/mol. The van der Waals surface area contributed by atoms with E-state index in [0.717, 1.165) is 17.9 Å². The molecule has 7 heteroatoms. The minimum atomic E-state index is -0.313. The molecule has 0 heterocycles. The Morgan fingerprint density at radius 1 is 1.00 bits per heavy atom. The van der Waals surface area contributed by atoms with Crippen molar-refractivity contribution in [1.82, 2.24) is 16.0 Å². The summed E-state index contributed by atoms with van der Waals surface area (Å²) in [6.45, 7) is 6.65. The average molecular weight is 384 g/mol. The number of nitrogens with zero attached hydrogens (tertiary/aromatic N) is 1. The van der Waals surface area contributed by atoms with Crippen LogP contribution in [0.3, 0.4) is 0 Å². The maximum Gasteiger partial charge on any atom is 0.255 e. The smallest absolute Gasteiger partial charge is 0.255 e. The summed E-state index contributed by atoms with van der Waals surface area (Å²) in [6.07, 6.45) is 0. The summed E-state index contributed by atoms with van der Waals surface area (Å²) in [5, 5.41) is 18.9. The van der Waals surface area contributed by atoms with Gasteiger partial charge in [-0.05, 0) is 32.0 Å². The van der Waals surface area contributed by atoms with Crippen molar-refractivity contribution in [2.24, 2.45) is 4.99 Å². The normalized spacial score (nSPS) is 11.0. The lowest BCUT2D eigenvalue weighted by atomic mass is 10.2. The third kappa shape index (κ3) is 6.50. The zero-order valence-electron chi connectivity index (χ0n) is 16.4. The molecule has 0 fully saturated rings. The van der Waals surface area contributed by atoms with E-state index < -0.39 is 0 Å². The van der Waals surface area contributed by atoms with Gasteiger partial charge in [-0.3, -0.25) is 4.79 Å². The summed E-state index contributed by atoms with van der Waals surface area (Å²) in [5.74, 6) is 1.15. The van der Waals surface area contributed by atoms with Gasteiger partial charge in [0.05, 0.1) is 18.7 Å². The van der Waals surface area contributed by atoms with E-state index in [2.05, 4.69) is 20.9 Å². The molecule has 0 bridgehead atoms. The average Bonchev–Trinajstić information content (AvgIpc) is 2.70. The van der Waals surface area contributed by atoms with Gasteiger partial charge in [0.1, 0.15) is 11.5 Å². The third-order valence-electron chi connectivity index (χ3n) is 3.88. The van der Waals surface area contributed by atoms with Crippen LogP contribution in [0.15, 0.2) is 53.5 Å². The van der Waals surface area contributed by atoms with E-state index in [9.17, 15) is 9.90 Å². The first-order chi connectivity index (χ1) is 13.7. The number of phenols is 1. The van der Waals surface area contributed by atoms with Crippen LogP contribution in [0.2, 0.25) is 0 Å². The van der Waals surface area contributed by atoms with Crippen molar-refractivity contribution in [2.75, 3.05) is 26.2 Å². The summed E-state index contributed by atoms with van der Waals surface area (Å²) in [6, 6.07) is 14.3. The molecule has 0 aromatic heterocycles. The van der Waals surface area contributed by atoms with E-state index in [1.807, 2.05) is 38.1 Å². The number of guanidine groups is 1. The number of para-hydroxylation sites is 2. The van der Waals surface area contributed by atoms with E-state index in [0.29, 0.717) is 32.2 Å². The first kappa shape index (κ1) is 21.1. The number of carbonyl (C=O) groups is 1. The fraction of sp³-hybridized carbons (Fsp3) is 0.333. The van der Waals surface area contributed by atoms with Gasteiger partial charge >= 0.3 is 0 Å². The molecule has 0 aliphatic rings. The van der Waals surface area contributed by atoms with Gasteiger partial charge in [0, 0.05) is 25.2 Å². The van der Waals surface area contributed by atoms with Gasteiger partial charge in [-0.15, -0.1) is 0 Å². The van der Waals surface area contributed by atoms with Crippen molar-refractivity contribution < 1.29 is 14.6 Å². The zero-order chi connectivity index (χ0) is 20.2. The molecule has 1 amide bonds. The van der Waals surface area contributed by atoms with Crippen LogP contribution >= 0.6 is 0 Å². The Hall–Kier alpha value is -3.22. The lowest BCUT2D eigenvalue weighted by molar-refractivity contribution is 0.0951. The van der Waals surface area contributed by atoms with Crippen LogP contribution in [0.4, 0.5) is 0 Å². The fourth-order valence-electron chi connectivity index (χ4n) is 2.55. The lowest BCUT2D eigenvalue weighted by Crippen LogP contribution is -2.41. The predicted molar refractivity (Wildman–Crippen MR) is 111 cm³/mol. The highest BCUT2D eigenvalue weighted by Gasteiger charge is 2.09. The van der Waals surface area contributed by atoms with Crippen LogP contribution in [0.5, 0.6) is 11.5 Å². The van der Waals surface area contributed by atoms with Crippen molar-refractivity contribution in [3.63, 3.8) is 0 Å². The number of aliphatic imine (C=N–C) groups is 1. The number of nitrogens with one attached hydrogen (secondary N) is 3. The Morgan fingerprint density at radius 3 is 2.46 bits per heavy atom. The Balaban J connectivity index is 1.86. The maximum atomic E-state index is 12.1. The number of ether oxygens (including phenoxy) is 1. The summed E-state index contributed by atoms with van der Waals surface area (Å²) >= 11 is 0. The van der Waals surface area contributed by atoms with Gasteiger partial charge < -0.3 is 25.8 Å². The highest BCUT2D eigenvalue weighted by Crippen LogP contribution is 2.18. The Bertz CT molecular complexity index is 793. The highest BCUT2D eigenvalue weighted by atomic mass is 16.5. The lowest BCUT2D eigenvalue weighted by Gasteiger charge is -2.13. The Kier molecular flexibility index (Phi) is 8.65. The molecule has 0 aliphatic heterocycles. The van der Waals surface area contributed by atoms with Crippen molar-refractivity contribution >= 4 is 11.9 Å². The van der Waals surface area contributed by atoms with Crippen molar-refractivity contribution in [3.05, 3.63) is 59.7 Å². The minimum Gasteiger partial charge on any atom is -0.507 e. The van der Waals surface area contributed by atoms with Gasteiger partial charge in [0.25, 0.3) is 5.91 Å². The number of aromatic hydroxyl groups is 1. The fourth-order valence-corrected chi connectivity index (χ4v) is 2.55. The number of amides is 1. The standard InChI is InChI=1S/C21H28N4O3/c1-3-22-21(25-15-16-9-5-8-12-19(16)28-4-2)24-14-13-23-20(27)17-10-6-7-11-18(17)26/h5-12,26H,3-4,13-15H2,1-2H3,(H,23,27)(H2,22,24,25). The number of carbonyl (C=O) groups excluding carboxylic acids is 1. The Morgan fingerprint density at radius 2 is 1.71 bits per heavy atom. The summed E-state index contributed by atoms with van der Waals surface area (Å²) in [5.41, 5.74) is 1.27. The summed E-state index contributed by atoms with van der Waals surface area (Å²) in [7, 11) is 0. The molecule has 0 aliphatic carbocycles. The molecule has 0 saturated carbocycles. The topological polar surface area (TPSA) is 95.0 Å². The third-order valence-corrected chi connectivity index (χ3v) is 3.88. The first-order valence-corrected chi connectivity index (χ1v) is 9.44. The molecule has 0 radical (unpaired) electrons. The first-order valence-electron chi connectivity index (χ1n) is 9.44. The number of rotatable bonds is 9. The maximum absolute atomic E-state index is 12.1. The molecule has 0 atom stereocenters. The molecular weight excluding hydrogens is 356 g/mol.